The van der Waals surface area contributed by atoms with E-state index in [0.717, 1.165) is 16.8 Å². The quantitative estimate of drug-likeness (QED) is 0.761. The first kappa shape index (κ1) is 19.3. The summed E-state index contributed by atoms with van der Waals surface area (Å²) in [5.41, 5.74) is 2.80. The number of aryl methyl sites for hydroxylation is 1. The number of amides is 2. The second-order valence-electron chi connectivity index (χ2n) is 5.75. The molecular weight excluding hydrogens is 356 g/mol. The van der Waals surface area contributed by atoms with Crippen LogP contribution in [0.5, 0.6) is 0 Å². The maximum Gasteiger partial charge on any atom is 0.234 e. The van der Waals surface area contributed by atoms with Gasteiger partial charge >= 0.3 is 0 Å². The lowest BCUT2D eigenvalue weighted by Gasteiger charge is -2.14. The van der Waals surface area contributed by atoms with Gasteiger partial charge in [-0.1, -0.05) is 35.9 Å². The van der Waals surface area contributed by atoms with Crippen LogP contribution in [-0.4, -0.2) is 23.3 Å². The molecule has 2 N–H and O–H groups in total. The first-order valence-electron chi connectivity index (χ1n) is 7.93. The summed E-state index contributed by atoms with van der Waals surface area (Å²) in [6.45, 7) is 3.87. The Balaban J connectivity index is 1.72. The molecule has 2 amide bonds. The van der Waals surface area contributed by atoms with Crippen LogP contribution in [0.3, 0.4) is 0 Å². The molecule has 0 radical (unpaired) electrons. The molecule has 6 heteroatoms. The summed E-state index contributed by atoms with van der Waals surface area (Å²) in [6, 6.07) is 14.9. The molecule has 0 aliphatic heterocycles. The number of nitrogens with one attached hydrogen (secondary N) is 2. The first-order chi connectivity index (χ1) is 11.9. The summed E-state index contributed by atoms with van der Waals surface area (Å²) in [5.74, 6) is 0.228. The van der Waals surface area contributed by atoms with Gasteiger partial charge in [-0.3, -0.25) is 9.59 Å². The van der Waals surface area contributed by atoms with Gasteiger partial charge in [0.05, 0.1) is 17.5 Å². The standard InChI is InChI=1S/C19H21ClN2O2S/c1-13-5-3-8-17(9-13)22-19(24)12-25-11-18(23)21-14(2)15-6-4-7-16(20)10-15/h3-10,14H,11-12H2,1-2H3,(H,21,23)(H,22,24). The average Bonchev–Trinajstić information content (AvgIpc) is 2.54. The van der Waals surface area contributed by atoms with Gasteiger partial charge in [0.25, 0.3) is 0 Å². The van der Waals surface area contributed by atoms with Crippen molar-refractivity contribution >= 4 is 40.9 Å². The molecule has 0 spiro atoms. The van der Waals surface area contributed by atoms with E-state index < -0.39 is 0 Å². The maximum absolute atomic E-state index is 12.0. The van der Waals surface area contributed by atoms with Gasteiger partial charge in [-0.25, -0.2) is 0 Å². The molecule has 0 fully saturated rings. The van der Waals surface area contributed by atoms with E-state index >= 15 is 0 Å². The Morgan fingerprint density at radius 3 is 2.52 bits per heavy atom. The Bertz CT molecular complexity index is 752. The van der Waals surface area contributed by atoms with Crippen LogP contribution in [0.1, 0.15) is 24.1 Å². The summed E-state index contributed by atoms with van der Waals surface area (Å²) in [7, 11) is 0. The van der Waals surface area contributed by atoms with Gasteiger partial charge in [0, 0.05) is 10.7 Å². The third-order valence-electron chi connectivity index (χ3n) is 3.49. The highest BCUT2D eigenvalue weighted by atomic mass is 35.5. The highest BCUT2D eigenvalue weighted by Crippen LogP contribution is 2.17. The third kappa shape index (κ3) is 6.80. The average molecular weight is 377 g/mol. The SMILES string of the molecule is Cc1cccc(NC(=O)CSCC(=O)NC(C)c2cccc(Cl)c2)c1. The second kappa shape index (κ2) is 9.49. The Hall–Kier alpha value is -1.98. The van der Waals surface area contributed by atoms with Crippen LogP contribution in [0.4, 0.5) is 5.69 Å². The van der Waals surface area contributed by atoms with E-state index in [-0.39, 0.29) is 29.4 Å². The van der Waals surface area contributed by atoms with Crippen molar-refractivity contribution in [2.45, 2.75) is 19.9 Å². The van der Waals surface area contributed by atoms with Crippen molar-refractivity contribution in [1.29, 1.82) is 0 Å². The highest BCUT2D eigenvalue weighted by molar-refractivity contribution is 8.00. The summed E-state index contributed by atoms with van der Waals surface area (Å²) in [5, 5.41) is 6.37. The van der Waals surface area contributed by atoms with Crippen molar-refractivity contribution in [3.05, 3.63) is 64.7 Å². The second-order valence-corrected chi connectivity index (χ2v) is 7.18. The summed E-state index contributed by atoms with van der Waals surface area (Å²) in [4.78, 5) is 23.9. The van der Waals surface area contributed by atoms with Crippen molar-refractivity contribution in [1.82, 2.24) is 5.32 Å². The smallest absolute Gasteiger partial charge is 0.234 e. The van der Waals surface area contributed by atoms with Crippen molar-refractivity contribution in [2.24, 2.45) is 0 Å². The predicted molar refractivity (Wildman–Crippen MR) is 105 cm³/mol. The van der Waals surface area contributed by atoms with Crippen LogP contribution in [0.2, 0.25) is 5.02 Å². The number of thioether (sulfide) groups is 1. The van der Waals surface area contributed by atoms with Crippen LogP contribution < -0.4 is 10.6 Å². The molecule has 4 nitrogen and oxygen atoms in total. The van der Waals surface area contributed by atoms with Crippen molar-refractivity contribution in [3.8, 4) is 0 Å². The highest BCUT2D eigenvalue weighted by Gasteiger charge is 2.11. The topological polar surface area (TPSA) is 58.2 Å². The van der Waals surface area contributed by atoms with E-state index in [0.29, 0.717) is 5.02 Å². The Morgan fingerprint density at radius 1 is 1.08 bits per heavy atom. The number of carbonyl (C=O) groups is 2. The molecule has 0 heterocycles. The fourth-order valence-electron chi connectivity index (χ4n) is 2.30. The third-order valence-corrected chi connectivity index (χ3v) is 4.66. The molecule has 2 rings (SSSR count). The maximum atomic E-state index is 12.0. The molecule has 0 bridgehead atoms. The van der Waals surface area contributed by atoms with Gasteiger partial charge in [-0.15, -0.1) is 11.8 Å². The molecular formula is C19H21ClN2O2S. The summed E-state index contributed by atoms with van der Waals surface area (Å²) in [6.07, 6.45) is 0. The minimum absolute atomic E-state index is 0.110. The molecule has 1 unspecified atom stereocenters. The number of anilines is 1. The van der Waals surface area contributed by atoms with Gasteiger partial charge in [-0.05, 0) is 49.2 Å². The van der Waals surface area contributed by atoms with Crippen LogP contribution in [0, 0.1) is 6.92 Å². The first-order valence-corrected chi connectivity index (χ1v) is 9.46. The number of halogens is 1. The zero-order valence-corrected chi connectivity index (χ0v) is 15.8. The monoisotopic (exact) mass is 376 g/mol. The van der Waals surface area contributed by atoms with Gasteiger partial charge in [0.15, 0.2) is 0 Å². The predicted octanol–water partition coefficient (Wildman–Crippen LogP) is 4.20. The molecule has 25 heavy (non-hydrogen) atoms. The van der Waals surface area contributed by atoms with E-state index in [1.807, 2.05) is 56.3 Å². The number of hydrogen-bond acceptors (Lipinski definition) is 3. The summed E-state index contributed by atoms with van der Waals surface area (Å²) < 4.78 is 0. The van der Waals surface area contributed by atoms with Crippen LogP contribution in [0.25, 0.3) is 0 Å². The molecule has 0 aromatic heterocycles. The van der Waals surface area contributed by atoms with Gasteiger partial charge in [0.1, 0.15) is 0 Å². The minimum atomic E-state index is -0.132. The fourth-order valence-corrected chi connectivity index (χ4v) is 3.13. The van der Waals surface area contributed by atoms with Crippen LogP contribution in [-0.2, 0) is 9.59 Å². The molecule has 2 aromatic rings. The van der Waals surface area contributed by atoms with E-state index in [9.17, 15) is 9.59 Å². The number of rotatable bonds is 7. The number of hydrogen-bond donors (Lipinski definition) is 2. The molecule has 0 saturated heterocycles. The summed E-state index contributed by atoms with van der Waals surface area (Å²) >= 11 is 7.24. The van der Waals surface area contributed by atoms with Gasteiger partial charge in [0.2, 0.25) is 11.8 Å². The lowest BCUT2D eigenvalue weighted by atomic mass is 10.1. The molecule has 1 atom stereocenters. The molecule has 132 valence electrons. The fraction of sp³-hybridized carbons (Fsp3) is 0.263. The van der Waals surface area contributed by atoms with E-state index in [4.69, 9.17) is 11.6 Å². The molecule has 0 aliphatic rings. The van der Waals surface area contributed by atoms with Gasteiger partial charge < -0.3 is 10.6 Å². The van der Waals surface area contributed by atoms with Crippen molar-refractivity contribution in [2.75, 3.05) is 16.8 Å². The lowest BCUT2D eigenvalue weighted by Crippen LogP contribution is -2.28. The normalized spacial score (nSPS) is 11.6. The Morgan fingerprint density at radius 2 is 1.80 bits per heavy atom. The Labute approximate surface area is 157 Å². The number of carbonyl (C=O) groups excluding carboxylic acids is 2. The molecule has 2 aromatic carbocycles. The zero-order valence-electron chi connectivity index (χ0n) is 14.2. The van der Waals surface area contributed by atoms with Crippen molar-refractivity contribution < 1.29 is 9.59 Å². The van der Waals surface area contributed by atoms with E-state index in [2.05, 4.69) is 10.6 Å². The largest absolute Gasteiger partial charge is 0.349 e. The van der Waals surface area contributed by atoms with E-state index in [1.54, 1.807) is 6.07 Å². The zero-order chi connectivity index (χ0) is 18.2. The van der Waals surface area contributed by atoms with E-state index in [1.165, 1.54) is 11.8 Å². The molecule has 0 saturated carbocycles. The van der Waals surface area contributed by atoms with Crippen LogP contribution in [0.15, 0.2) is 48.5 Å². The Kier molecular flexibility index (Phi) is 7.34. The molecule has 0 aliphatic carbocycles. The van der Waals surface area contributed by atoms with Crippen molar-refractivity contribution in [3.63, 3.8) is 0 Å². The number of benzene rings is 2. The van der Waals surface area contributed by atoms with Gasteiger partial charge in [-0.2, -0.15) is 0 Å². The van der Waals surface area contributed by atoms with Crippen LogP contribution >= 0.6 is 23.4 Å². The lowest BCUT2D eigenvalue weighted by molar-refractivity contribution is -0.119. The minimum Gasteiger partial charge on any atom is -0.349 e.